The molecule has 0 amide bonds. The van der Waals surface area contributed by atoms with E-state index in [4.69, 9.17) is 4.42 Å². The quantitative estimate of drug-likeness (QED) is 0.566. The summed E-state index contributed by atoms with van der Waals surface area (Å²) < 4.78 is 5.68. The van der Waals surface area contributed by atoms with E-state index >= 15 is 0 Å². The fourth-order valence-corrected chi connectivity index (χ4v) is 1.80. The van der Waals surface area contributed by atoms with Crippen molar-refractivity contribution in [3.8, 4) is 0 Å². The van der Waals surface area contributed by atoms with E-state index in [0.717, 1.165) is 11.0 Å². The summed E-state index contributed by atoms with van der Waals surface area (Å²) in [4.78, 5) is 13.9. The first-order valence-electron chi connectivity index (χ1n) is 6.36. The lowest BCUT2D eigenvalue weighted by molar-refractivity contribution is 0.604. The van der Waals surface area contributed by atoms with Gasteiger partial charge >= 0.3 is 0 Å². The van der Waals surface area contributed by atoms with Crippen LogP contribution < -0.4 is 11.0 Å². The maximum atomic E-state index is 11.4. The maximum absolute atomic E-state index is 11.4. The van der Waals surface area contributed by atoms with Gasteiger partial charge in [-0.2, -0.15) is 5.10 Å². The third-order valence-electron chi connectivity index (χ3n) is 2.97. The van der Waals surface area contributed by atoms with Crippen LogP contribution in [0.5, 0.6) is 0 Å². The average molecular weight is 283 g/mol. The van der Waals surface area contributed by atoms with Crippen LogP contribution in [0, 0.1) is 6.92 Å². The van der Waals surface area contributed by atoms with E-state index in [1.807, 2.05) is 30.3 Å². The van der Waals surface area contributed by atoms with Crippen molar-refractivity contribution < 1.29 is 4.42 Å². The molecular formula is C14H13N5O2. The van der Waals surface area contributed by atoms with Gasteiger partial charge in [0.05, 0.1) is 0 Å². The van der Waals surface area contributed by atoms with Gasteiger partial charge in [0.25, 0.3) is 5.56 Å². The van der Waals surface area contributed by atoms with Gasteiger partial charge in [-0.25, -0.2) is 5.43 Å². The predicted octanol–water partition coefficient (Wildman–Crippen LogP) is 2.06. The van der Waals surface area contributed by atoms with Gasteiger partial charge in [-0.1, -0.05) is 18.2 Å². The average Bonchev–Trinajstić information content (AvgIpc) is 2.92. The molecule has 0 spiro atoms. The van der Waals surface area contributed by atoms with Crippen molar-refractivity contribution in [1.82, 2.24) is 15.2 Å². The van der Waals surface area contributed by atoms with Crippen LogP contribution in [0.3, 0.4) is 0 Å². The van der Waals surface area contributed by atoms with Gasteiger partial charge in [-0.15, -0.1) is 10.2 Å². The second-order valence-corrected chi connectivity index (χ2v) is 4.55. The van der Waals surface area contributed by atoms with Crippen LogP contribution in [0.2, 0.25) is 0 Å². The zero-order valence-corrected chi connectivity index (χ0v) is 11.5. The number of fused-ring (bicyclic) bond motifs is 1. The molecule has 2 N–H and O–H groups in total. The van der Waals surface area contributed by atoms with Crippen molar-refractivity contribution in [3.63, 3.8) is 0 Å². The van der Waals surface area contributed by atoms with E-state index in [9.17, 15) is 4.79 Å². The Morgan fingerprint density at radius 2 is 2.14 bits per heavy atom. The number of hydrogen-bond donors (Lipinski definition) is 2. The first-order chi connectivity index (χ1) is 10.1. The molecule has 0 aliphatic heterocycles. The number of rotatable bonds is 3. The highest BCUT2D eigenvalue weighted by Crippen LogP contribution is 2.19. The molecule has 0 atom stereocenters. The Balaban J connectivity index is 1.85. The number of anilines is 1. The van der Waals surface area contributed by atoms with Gasteiger partial charge in [-0.05, 0) is 26.0 Å². The van der Waals surface area contributed by atoms with Crippen molar-refractivity contribution in [2.75, 3.05) is 5.43 Å². The number of aromatic amines is 1. The molecule has 0 bridgehead atoms. The third kappa shape index (κ3) is 2.66. The van der Waals surface area contributed by atoms with Crippen LogP contribution in [0.15, 0.2) is 44.6 Å². The minimum Gasteiger partial charge on any atom is -0.455 e. The summed E-state index contributed by atoms with van der Waals surface area (Å²) in [5, 5.41) is 12.6. The van der Waals surface area contributed by atoms with Gasteiger partial charge in [-0.3, -0.25) is 9.78 Å². The van der Waals surface area contributed by atoms with E-state index in [2.05, 4.69) is 25.7 Å². The molecule has 0 aliphatic carbocycles. The van der Waals surface area contributed by atoms with Gasteiger partial charge in [0.2, 0.25) is 5.95 Å². The topological polar surface area (TPSA) is 96.2 Å². The second-order valence-electron chi connectivity index (χ2n) is 4.55. The Kier molecular flexibility index (Phi) is 3.23. The van der Waals surface area contributed by atoms with Crippen LogP contribution >= 0.6 is 0 Å². The Bertz CT molecular complexity index is 845. The number of hydrogen-bond acceptors (Lipinski definition) is 6. The predicted molar refractivity (Wildman–Crippen MR) is 79.4 cm³/mol. The Labute approximate surface area is 119 Å². The number of benzene rings is 1. The highest BCUT2D eigenvalue weighted by atomic mass is 16.3. The molecule has 1 aromatic carbocycles. The summed E-state index contributed by atoms with van der Waals surface area (Å²) in [6.07, 6.45) is 0. The first kappa shape index (κ1) is 13.0. The molecule has 21 heavy (non-hydrogen) atoms. The molecule has 0 saturated heterocycles. The standard InChI is InChI=1S/C14H13N5O2/c1-8(12-7-10-5-3-4-6-11(10)21-12)16-18-14-15-13(20)9(2)17-19-14/h3-7H,1-2H3,(H2,15,18,19,20)/b16-8+. The van der Waals surface area contributed by atoms with Gasteiger partial charge in [0.15, 0.2) is 5.76 Å². The van der Waals surface area contributed by atoms with Crippen LogP contribution in [-0.4, -0.2) is 20.9 Å². The molecule has 3 aromatic rings. The third-order valence-corrected chi connectivity index (χ3v) is 2.97. The number of para-hydroxylation sites is 1. The number of aromatic nitrogens is 3. The fraction of sp³-hybridized carbons (Fsp3) is 0.143. The Morgan fingerprint density at radius 3 is 2.90 bits per heavy atom. The summed E-state index contributed by atoms with van der Waals surface area (Å²) in [5.41, 5.74) is 4.09. The lowest BCUT2D eigenvalue weighted by Crippen LogP contribution is -2.15. The van der Waals surface area contributed by atoms with Crippen LogP contribution in [0.1, 0.15) is 18.4 Å². The van der Waals surface area contributed by atoms with E-state index in [1.54, 1.807) is 13.8 Å². The van der Waals surface area contributed by atoms with E-state index < -0.39 is 0 Å². The Morgan fingerprint density at radius 1 is 1.33 bits per heavy atom. The molecule has 0 saturated carbocycles. The highest BCUT2D eigenvalue weighted by Gasteiger charge is 2.06. The molecule has 0 unspecified atom stereocenters. The van der Waals surface area contributed by atoms with Gasteiger partial charge < -0.3 is 4.42 Å². The molecule has 3 rings (SSSR count). The minimum atomic E-state index is -0.302. The molecule has 7 nitrogen and oxygen atoms in total. The van der Waals surface area contributed by atoms with E-state index in [1.165, 1.54) is 0 Å². The normalized spacial score (nSPS) is 11.8. The van der Waals surface area contributed by atoms with Crippen molar-refractivity contribution in [2.24, 2.45) is 5.10 Å². The van der Waals surface area contributed by atoms with Crippen LogP contribution in [0.25, 0.3) is 11.0 Å². The number of aryl methyl sites for hydroxylation is 1. The van der Waals surface area contributed by atoms with Crippen molar-refractivity contribution >= 4 is 22.6 Å². The van der Waals surface area contributed by atoms with E-state index in [0.29, 0.717) is 17.2 Å². The van der Waals surface area contributed by atoms with Gasteiger partial charge in [0.1, 0.15) is 17.0 Å². The number of nitrogens with one attached hydrogen (secondary N) is 2. The SMILES string of the molecule is C/C(=N\Nc1nnc(C)c(=O)[nH]1)c1cc2ccccc2o1. The molecular weight excluding hydrogens is 270 g/mol. The summed E-state index contributed by atoms with van der Waals surface area (Å²) in [7, 11) is 0. The zero-order chi connectivity index (χ0) is 14.8. The smallest absolute Gasteiger partial charge is 0.274 e. The highest BCUT2D eigenvalue weighted by molar-refractivity contribution is 5.99. The molecule has 0 radical (unpaired) electrons. The number of H-pyrrole nitrogens is 1. The minimum absolute atomic E-state index is 0.182. The van der Waals surface area contributed by atoms with Crippen LogP contribution in [-0.2, 0) is 0 Å². The van der Waals surface area contributed by atoms with E-state index in [-0.39, 0.29) is 11.5 Å². The largest absolute Gasteiger partial charge is 0.455 e. The maximum Gasteiger partial charge on any atom is 0.274 e. The second kappa shape index (κ2) is 5.20. The lowest BCUT2D eigenvalue weighted by atomic mass is 10.2. The van der Waals surface area contributed by atoms with Crippen molar-refractivity contribution in [1.29, 1.82) is 0 Å². The molecule has 2 heterocycles. The number of hydrazone groups is 1. The fourth-order valence-electron chi connectivity index (χ4n) is 1.80. The molecule has 0 fully saturated rings. The van der Waals surface area contributed by atoms with Gasteiger partial charge in [0, 0.05) is 5.39 Å². The molecule has 106 valence electrons. The lowest BCUT2D eigenvalue weighted by Gasteiger charge is -1.99. The summed E-state index contributed by atoms with van der Waals surface area (Å²) in [6.45, 7) is 3.38. The number of furan rings is 1. The summed E-state index contributed by atoms with van der Waals surface area (Å²) in [5.74, 6) is 0.826. The number of nitrogens with zero attached hydrogens (tertiary/aromatic N) is 3. The first-order valence-corrected chi connectivity index (χ1v) is 6.36. The Hall–Kier alpha value is -2.96. The monoisotopic (exact) mass is 283 g/mol. The van der Waals surface area contributed by atoms with Crippen molar-refractivity contribution in [2.45, 2.75) is 13.8 Å². The summed E-state index contributed by atoms with van der Waals surface area (Å²) >= 11 is 0. The zero-order valence-electron chi connectivity index (χ0n) is 11.5. The molecule has 7 heteroatoms. The molecule has 0 aliphatic rings. The van der Waals surface area contributed by atoms with Crippen LogP contribution in [0.4, 0.5) is 5.95 Å². The summed E-state index contributed by atoms with van der Waals surface area (Å²) in [6, 6.07) is 9.61. The molecule has 2 aromatic heterocycles. The van der Waals surface area contributed by atoms with Crippen molar-refractivity contribution in [3.05, 3.63) is 52.1 Å².